The summed E-state index contributed by atoms with van der Waals surface area (Å²) < 4.78 is 0. The van der Waals surface area contributed by atoms with Gasteiger partial charge in [-0.05, 0) is 58.0 Å². The number of aromatic nitrogens is 1. The maximum Gasteiger partial charge on any atom is 0.164 e. The van der Waals surface area contributed by atoms with E-state index in [-0.39, 0.29) is 5.78 Å². The van der Waals surface area contributed by atoms with Crippen molar-refractivity contribution >= 4 is 11.9 Å². The van der Waals surface area contributed by atoms with Gasteiger partial charge in [-0.1, -0.05) is 26.8 Å². The zero-order chi connectivity index (χ0) is 15.8. The monoisotopic (exact) mass is 290 g/mol. The Hall–Kier alpha value is -1.35. The lowest BCUT2D eigenvalue weighted by Gasteiger charge is -2.17. The minimum Gasteiger partial charge on any atom is -0.358 e. The first kappa shape index (κ1) is 17.7. The van der Waals surface area contributed by atoms with Crippen molar-refractivity contribution in [2.24, 2.45) is 0 Å². The number of ketones is 1. The van der Waals surface area contributed by atoms with Gasteiger partial charge in [0.2, 0.25) is 0 Å². The molecule has 1 aromatic heterocycles. The van der Waals surface area contributed by atoms with Crippen molar-refractivity contribution in [3.05, 3.63) is 29.1 Å². The summed E-state index contributed by atoms with van der Waals surface area (Å²) in [6.45, 7) is 15.5. The van der Waals surface area contributed by atoms with Crippen molar-refractivity contribution in [2.75, 3.05) is 19.6 Å². The molecule has 0 spiro atoms. The van der Waals surface area contributed by atoms with Crippen LogP contribution in [0.4, 0.5) is 0 Å². The predicted octanol–water partition coefficient (Wildman–Crippen LogP) is 4.36. The Morgan fingerprint density at radius 2 is 1.86 bits per heavy atom. The van der Waals surface area contributed by atoms with Gasteiger partial charge < -0.3 is 9.88 Å². The van der Waals surface area contributed by atoms with Crippen molar-refractivity contribution in [1.82, 2.24) is 9.88 Å². The second kappa shape index (κ2) is 8.83. The van der Waals surface area contributed by atoms with Crippen LogP contribution >= 0.6 is 0 Å². The largest absolute Gasteiger partial charge is 0.358 e. The number of nitrogens with zero attached hydrogens (tertiary/aromatic N) is 1. The van der Waals surface area contributed by atoms with Crippen LogP contribution in [-0.4, -0.2) is 35.3 Å². The SMILES string of the molecule is C=Cc1[nH]c(C)c(C(=O)CCCCCN(CC)CC)c1C. The van der Waals surface area contributed by atoms with Gasteiger partial charge in [-0.25, -0.2) is 0 Å². The average molecular weight is 290 g/mol. The van der Waals surface area contributed by atoms with Crippen LogP contribution in [0, 0.1) is 13.8 Å². The van der Waals surface area contributed by atoms with Crippen LogP contribution < -0.4 is 0 Å². The fraction of sp³-hybridized carbons (Fsp3) is 0.611. The van der Waals surface area contributed by atoms with Crippen LogP contribution in [0.25, 0.3) is 6.08 Å². The normalized spacial score (nSPS) is 11.1. The molecule has 0 bridgehead atoms. The number of unbranched alkanes of at least 4 members (excludes halogenated alkanes) is 2. The molecule has 0 aromatic carbocycles. The summed E-state index contributed by atoms with van der Waals surface area (Å²) in [6, 6.07) is 0. The van der Waals surface area contributed by atoms with E-state index < -0.39 is 0 Å². The van der Waals surface area contributed by atoms with E-state index >= 15 is 0 Å². The van der Waals surface area contributed by atoms with E-state index in [1.54, 1.807) is 6.08 Å². The minimum absolute atomic E-state index is 0.261. The predicted molar refractivity (Wildman–Crippen MR) is 90.9 cm³/mol. The van der Waals surface area contributed by atoms with Gasteiger partial charge in [0.05, 0.1) is 0 Å². The lowest BCUT2D eigenvalue weighted by atomic mass is 10.0. The summed E-state index contributed by atoms with van der Waals surface area (Å²) >= 11 is 0. The molecule has 0 unspecified atom stereocenters. The summed E-state index contributed by atoms with van der Waals surface area (Å²) in [7, 11) is 0. The molecule has 1 rings (SSSR count). The van der Waals surface area contributed by atoms with Gasteiger partial charge in [-0.15, -0.1) is 0 Å². The summed E-state index contributed by atoms with van der Waals surface area (Å²) in [5.41, 5.74) is 3.84. The molecule has 0 aliphatic heterocycles. The Labute approximate surface area is 129 Å². The minimum atomic E-state index is 0.261. The summed E-state index contributed by atoms with van der Waals surface area (Å²) in [5, 5.41) is 0. The van der Waals surface area contributed by atoms with Gasteiger partial charge in [0.15, 0.2) is 5.78 Å². The van der Waals surface area contributed by atoms with Crippen molar-refractivity contribution in [1.29, 1.82) is 0 Å². The van der Waals surface area contributed by atoms with E-state index in [1.165, 1.54) is 6.42 Å². The third-order valence-electron chi connectivity index (χ3n) is 4.23. The van der Waals surface area contributed by atoms with E-state index in [2.05, 4.69) is 30.3 Å². The highest BCUT2D eigenvalue weighted by molar-refractivity contribution is 5.99. The number of Topliss-reactive ketones (excluding diaryl/α,β-unsaturated/α-hetero) is 1. The lowest BCUT2D eigenvalue weighted by Crippen LogP contribution is -2.23. The molecule has 0 fully saturated rings. The molecular formula is C18H30N2O. The first-order valence-corrected chi connectivity index (χ1v) is 8.12. The Kier molecular flexibility index (Phi) is 7.44. The number of H-pyrrole nitrogens is 1. The molecule has 21 heavy (non-hydrogen) atoms. The number of hydrogen-bond donors (Lipinski definition) is 1. The number of rotatable bonds is 10. The van der Waals surface area contributed by atoms with Gasteiger partial charge in [0.25, 0.3) is 0 Å². The molecular weight excluding hydrogens is 260 g/mol. The Balaban J connectivity index is 2.41. The average Bonchev–Trinajstić information content (AvgIpc) is 2.77. The van der Waals surface area contributed by atoms with Crippen molar-refractivity contribution in [3.63, 3.8) is 0 Å². The molecule has 0 saturated carbocycles. The molecule has 3 nitrogen and oxygen atoms in total. The fourth-order valence-corrected chi connectivity index (χ4v) is 2.86. The maximum atomic E-state index is 12.4. The molecule has 1 heterocycles. The lowest BCUT2D eigenvalue weighted by molar-refractivity contribution is 0.0978. The first-order valence-electron chi connectivity index (χ1n) is 8.12. The van der Waals surface area contributed by atoms with E-state index in [9.17, 15) is 4.79 Å². The number of aromatic amines is 1. The van der Waals surface area contributed by atoms with E-state index in [1.807, 2.05) is 13.8 Å². The van der Waals surface area contributed by atoms with E-state index in [4.69, 9.17) is 0 Å². The second-order valence-corrected chi connectivity index (χ2v) is 5.63. The van der Waals surface area contributed by atoms with Crippen molar-refractivity contribution < 1.29 is 4.79 Å². The number of nitrogens with one attached hydrogen (secondary N) is 1. The molecule has 118 valence electrons. The second-order valence-electron chi connectivity index (χ2n) is 5.63. The van der Waals surface area contributed by atoms with Crippen LogP contribution in [0.5, 0.6) is 0 Å². The number of aryl methyl sites for hydroxylation is 1. The van der Waals surface area contributed by atoms with Crippen molar-refractivity contribution in [2.45, 2.75) is 53.4 Å². The fourth-order valence-electron chi connectivity index (χ4n) is 2.86. The molecule has 1 aromatic rings. The Morgan fingerprint density at radius 1 is 1.19 bits per heavy atom. The highest BCUT2D eigenvalue weighted by atomic mass is 16.1. The molecule has 0 saturated heterocycles. The third-order valence-corrected chi connectivity index (χ3v) is 4.23. The van der Waals surface area contributed by atoms with Crippen LogP contribution in [0.2, 0.25) is 0 Å². The van der Waals surface area contributed by atoms with E-state index in [0.717, 1.165) is 55.0 Å². The third kappa shape index (κ3) is 4.85. The molecule has 1 N–H and O–H groups in total. The summed E-state index contributed by atoms with van der Waals surface area (Å²) in [5.74, 6) is 0.261. The molecule has 0 amide bonds. The highest BCUT2D eigenvalue weighted by Crippen LogP contribution is 2.21. The van der Waals surface area contributed by atoms with Gasteiger partial charge >= 0.3 is 0 Å². The highest BCUT2D eigenvalue weighted by Gasteiger charge is 2.16. The van der Waals surface area contributed by atoms with Gasteiger partial charge in [0.1, 0.15) is 0 Å². The molecule has 0 aliphatic carbocycles. The Bertz CT molecular complexity index is 470. The van der Waals surface area contributed by atoms with Crippen molar-refractivity contribution in [3.8, 4) is 0 Å². The van der Waals surface area contributed by atoms with Crippen LogP contribution in [0.3, 0.4) is 0 Å². The van der Waals surface area contributed by atoms with Gasteiger partial charge in [-0.3, -0.25) is 4.79 Å². The maximum absolute atomic E-state index is 12.4. The van der Waals surface area contributed by atoms with Gasteiger partial charge in [0, 0.05) is 23.4 Å². The number of carbonyl (C=O) groups excluding carboxylic acids is 1. The number of hydrogen-bond acceptors (Lipinski definition) is 2. The smallest absolute Gasteiger partial charge is 0.164 e. The molecule has 0 radical (unpaired) electrons. The molecule has 0 atom stereocenters. The zero-order valence-electron chi connectivity index (χ0n) is 14.1. The van der Waals surface area contributed by atoms with E-state index in [0.29, 0.717) is 6.42 Å². The standard InChI is InChI=1S/C18H30N2O/c1-6-16-14(4)18(15(5)19-16)17(21)12-10-9-11-13-20(7-2)8-3/h6,19H,1,7-13H2,2-5H3. The number of carbonyl (C=O) groups is 1. The molecule has 3 heteroatoms. The topological polar surface area (TPSA) is 36.1 Å². The quantitative estimate of drug-likeness (QED) is 0.513. The summed E-state index contributed by atoms with van der Waals surface area (Å²) in [4.78, 5) is 18.0. The zero-order valence-corrected chi connectivity index (χ0v) is 14.1. The van der Waals surface area contributed by atoms with Crippen LogP contribution in [0.15, 0.2) is 6.58 Å². The Morgan fingerprint density at radius 3 is 2.38 bits per heavy atom. The molecule has 0 aliphatic rings. The van der Waals surface area contributed by atoms with Gasteiger partial charge in [-0.2, -0.15) is 0 Å². The first-order chi connectivity index (χ1) is 10.0. The summed E-state index contributed by atoms with van der Waals surface area (Å²) in [6.07, 6.45) is 5.71. The van der Waals surface area contributed by atoms with Crippen LogP contribution in [0.1, 0.15) is 66.8 Å². The van der Waals surface area contributed by atoms with Crippen LogP contribution in [-0.2, 0) is 0 Å².